The lowest BCUT2D eigenvalue weighted by Gasteiger charge is -2.16. The Morgan fingerprint density at radius 1 is 1.48 bits per heavy atom. The molecule has 1 amide bonds. The molecule has 2 aromatic heterocycles. The molecule has 1 aliphatic rings. The van der Waals surface area contributed by atoms with Crippen molar-refractivity contribution in [3.63, 3.8) is 0 Å². The zero-order valence-corrected chi connectivity index (χ0v) is 12.8. The number of rotatable bonds is 3. The van der Waals surface area contributed by atoms with Crippen molar-refractivity contribution in [1.82, 2.24) is 15.3 Å². The molecule has 7 nitrogen and oxygen atoms in total. The van der Waals surface area contributed by atoms with E-state index >= 15 is 0 Å². The second kappa shape index (κ2) is 6.49. The van der Waals surface area contributed by atoms with Gasteiger partial charge in [0.05, 0.1) is 42.3 Å². The van der Waals surface area contributed by atoms with Crippen LogP contribution in [-0.2, 0) is 4.74 Å². The number of nitrogens with one attached hydrogen (secondary N) is 1. The fraction of sp³-hybridized carbons (Fsp3) is 0.267. The summed E-state index contributed by atoms with van der Waals surface area (Å²) in [5.41, 5.74) is 7.54. The fourth-order valence-electron chi connectivity index (χ4n) is 2.36. The van der Waals surface area contributed by atoms with Gasteiger partial charge < -0.3 is 20.9 Å². The van der Waals surface area contributed by atoms with Gasteiger partial charge in [-0.05, 0) is 18.2 Å². The molecule has 0 aromatic carbocycles. The third-order valence-electron chi connectivity index (χ3n) is 3.57. The average Bonchev–Trinajstić information content (AvgIpc) is 2.95. The van der Waals surface area contributed by atoms with Crippen LogP contribution in [0.5, 0.6) is 0 Å². The van der Waals surface area contributed by atoms with Crippen LogP contribution in [0.25, 0.3) is 11.3 Å². The van der Waals surface area contributed by atoms with Crippen molar-refractivity contribution in [2.75, 3.05) is 18.9 Å². The molecule has 23 heavy (non-hydrogen) atoms. The summed E-state index contributed by atoms with van der Waals surface area (Å²) in [4.78, 5) is 20.6. The van der Waals surface area contributed by atoms with E-state index in [1.807, 2.05) is 0 Å². The number of carbonyl (C=O) groups excluding carboxylic acids is 1. The minimum atomic E-state index is -0.740. The Hall–Kier alpha value is -2.22. The van der Waals surface area contributed by atoms with Crippen LogP contribution < -0.4 is 11.1 Å². The predicted molar refractivity (Wildman–Crippen MR) is 85.0 cm³/mol. The molecule has 1 saturated heterocycles. The van der Waals surface area contributed by atoms with E-state index in [1.54, 1.807) is 24.5 Å². The number of nitrogens with zero attached hydrogens (tertiary/aromatic N) is 2. The molecule has 1 aliphatic heterocycles. The highest BCUT2D eigenvalue weighted by Gasteiger charge is 2.29. The van der Waals surface area contributed by atoms with Crippen LogP contribution in [0.1, 0.15) is 10.4 Å². The molecule has 0 bridgehead atoms. The number of aliphatic hydroxyl groups excluding tert-OH is 1. The largest absolute Gasteiger partial charge is 0.396 e. The van der Waals surface area contributed by atoms with E-state index in [0.29, 0.717) is 11.3 Å². The number of anilines is 1. The number of halogens is 1. The molecular weight excluding hydrogens is 320 g/mol. The first kappa shape index (κ1) is 15.7. The van der Waals surface area contributed by atoms with Gasteiger partial charge in [-0.25, -0.2) is 4.98 Å². The molecule has 4 N–H and O–H groups in total. The van der Waals surface area contributed by atoms with Crippen molar-refractivity contribution in [2.24, 2.45) is 0 Å². The molecule has 120 valence electrons. The van der Waals surface area contributed by atoms with E-state index in [-0.39, 0.29) is 29.6 Å². The third-order valence-corrected chi connectivity index (χ3v) is 3.77. The molecule has 2 atom stereocenters. The molecule has 1 fully saturated rings. The summed E-state index contributed by atoms with van der Waals surface area (Å²) in [6.07, 6.45) is 2.47. The first-order chi connectivity index (χ1) is 11.1. The number of nitrogen functional groups attached to an aromatic ring is 1. The van der Waals surface area contributed by atoms with Crippen molar-refractivity contribution < 1.29 is 14.6 Å². The Labute approximate surface area is 137 Å². The van der Waals surface area contributed by atoms with Crippen molar-refractivity contribution in [3.05, 3.63) is 41.3 Å². The molecule has 3 heterocycles. The number of hydrogen-bond acceptors (Lipinski definition) is 6. The van der Waals surface area contributed by atoms with Crippen LogP contribution in [0.2, 0.25) is 5.15 Å². The van der Waals surface area contributed by atoms with Gasteiger partial charge in [0.1, 0.15) is 5.15 Å². The first-order valence-electron chi connectivity index (χ1n) is 6.99. The van der Waals surface area contributed by atoms with Gasteiger partial charge in [0, 0.05) is 18.0 Å². The maximum absolute atomic E-state index is 12.4. The van der Waals surface area contributed by atoms with E-state index in [2.05, 4.69) is 15.3 Å². The SMILES string of the molecule is Nc1c(C(=O)N[C@@H]2COC[C@@H]2O)cc(Cl)nc1-c1cccnc1. The summed E-state index contributed by atoms with van der Waals surface area (Å²) in [5.74, 6) is -0.438. The third kappa shape index (κ3) is 3.26. The summed E-state index contributed by atoms with van der Waals surface area (Å²) in [6.45, 7) is 0.444. The summed E-state index contributed by atoms with van der Waals surface area (Å²) >= 11 is 6.02. The Morgan fingerprint density at radius 3 is 2.96 bits per heavy atom. The Morgan fingerprint density at radius 2 is 2.30 bits per heavy atom. The smallest absolute Gasteiger partial charge is 0.253 e. The second-order valence-corrected chi connectivity index (χ2v) is 5.57. The summed E-state index contributed by atoms with van der Waals surface area (Å²) in [6, 6.07) is 4.44. The van der Waals surface area contributed by atoms with Crippen LogP contribution in [0.15, 0.2) is 30.6 Å². The van der Waals surface area contributed by atoms with E-state index in [4.69, 9.17) is 22.1 Å². The number of aromatic nitrogens is 2. The Bertz CT molecular complexity index is 726. The second-order valence-electron chi connectivity index (χ2n) is 5.18. The number of hydrogen-bond donors (Lipinski definition) is 3. The highest BCUT2D eigenvalue weighted by atomic mass is 35.5. The first-order valence-corrected chi connectivity index (χ1v) is 7.37. The number of amides is 1. The molecule has 8 heteroatoms. The highest BCUT2D eigenvalue weighted by Crippen LogP contribution is 2.28. The van der Waals surface area contributed by atoms with Gasteiger partial charge >= 0.3 is 0 Å². The predicted octanol–water partition coefficient (Wildman–Crippen LogP) is 0.869. The van der Waals surface area contributed by atoms with Crippen molar-refractivity contribution >= 4 is 23.2 Å². The molecule has 2 aromatic rings. The van der Waals surface area contributed by atoms with Gasteiger partial charge in [0.25, 0.3) is 5.91 Å². The highest BCUT2D eigenvalue weighted by molar-refractivity contribution is 6.30. The number of ether oxygens (including phenoxy) is 1. The molecule has 0 spiro atoms. The van der Waals surface area contributed by atoms with E-state index < -0.39 is 18.1 Å². The van der Waals surface area contributed by atoms with Crippen LogP contribution >= 0.6 is 11.6 Å². The minimum absolute atomic E-state index is 0.145. The van der Waals surface area contributed by atoms with Crippen LogP contribution in [0.3, 0.4) is 0 Å². The van der Waals surface area contributed by atoms with Crippen LogP contribution in [0, 0.1) is 0 Å². The average molecular weight is 335 g/mol. The molecule has 0 saturated carbocycles. The number of carbonyl (C=O) groups is 1. The zero-order valence-electron chi connectivity index (χ0n) is 12.1. The van der Waals surface area contributed by atoms with Gasteiger partial charge in [0.2, 0.25) is 0 Å². The van der Waals surface area contributed by atoms with E-state index in [1.165, 1.54) is 6.07 Å². The summed E-state index contributed by atoms with van der Waals surface area (Å²) in [5, 5.41) is 12.6. The summed E-state index contributed by atoms with van der Waals surface area (Å²) in [7, 11) is 0. The van der Waals surface area contributed by atoms with Crippen LogP contribution in [-0.4, -0.2) is 46.3 Å². The maximum Gasteiger partial charge on any atom is 0.253 e. The quantitative estimate of drug-likeness (QED) is 0.718. The standard InChI is InChI=1S/C15H15ClN4O3/c16-12-4-9(15(22)19-10-6-23-7-11(10)21)13(17)14(20-12)8-2-1-3-18-5-8/h1-5,10-11,21H,6-7,17H2,(H,19,22)/t10-,11+/m1/s1. The van der Waals surface area contributed by atoms with Crippen LogP contribution in [0.4, 0.5) is 5.69 Å². The van der Waals surface area contributed by atoms with E-state index in [0.717, 1.165) is 0 Å². The number of nitrogens with two attached hydrogens (primary N) is 1. The van der Waals surface area contributed by atoms with Gasteiger partial charge in [-0.15, -0.1) is 0 Å². The number of pyridine rings is 2. The summed E-state index contributed by atoms with van der Waals surface area (Å²) < 4.78 is 5.11. The van der Waals surface area contributed by atoms with Gasteiger partial charge in [-0.1, -0.05) is 11.6 Å². The van der Waals surface area contributed by atoms with E-state index in [9.17, 15) is 9.90 Å². The van der Waals surface area contributed by atoms with Gasteiger partial charge in [-0.2, -0.15) is 0 Å². The molecular formula is C15H15ClN4O3. The Kier molecular flexibility index (Phi) is 4.42. The maximum atomic E-state index is 12.4. The minimum Gasteiger partial charge on any atom is -0.396 e. The fourth-order valence-corrected chi connectivity index (χ4v) is 2.56. The number of aliphatic hydroxyl groups is 1. The molecule has 3 rings (SSSR count). The van der Waals surface area contributed by atoms with Crippen molar-refractivity contribution in [3.8, 4) is 11.3 Å². The topological polar surface area (TPSA) is 110 Å². The lowest BCUT2D eigenvalue weighted by molar-refractivity contribution is 0.0887. The zero-order chi connectivity index (χ0) is 16.4. The molecule has 0 radical (unpaired) electrons. The van der Waals surface area contributed by atoms with Crippen molar-refractivity contribution in [1.29, 1.82) is 0 Å². The lowest BCUT2D eigenvalue weighted by Crippen LogP contribution is -2.42. The monoisotopic (exact) mass is 334 g/mol. The normalized spacial score (nSPS) is 20.4. The lowest BCUT2D eigenvalue weighted by atomic mass is 10.1. The molecule has 0 unspecified atom stereocenters. The van der Waals surface area contributed by atoms with Crippen molar-refractivity contribution in [2.45, 2.75) is 12.1 Å². The molecule has 0 aliphatic carbocycles. The Balaban J connectivity index is 1.93. The van der Waals surface area contributed by atoms with Gasteiger partial charge in [0.15, 0.2) is 0 Å². The van der Waals surface area contributed by atoms with Gasteiger partial charge in [-0.3, -0.25) is 9.78 Å².